The Morgan fingerprint density at radius 1 is 1.63 bits per heavy atom. The van der Waals surface area contributed by atoms with Crippen LogP contribution in [0.4, 0.5) is 0 Å². The molecule has 1 heterocycles. The topological polar surface area (TPSA) is 107 Å². The van der Waals surface area contributed by atoms with E-state index in [-0.39, 0.29) is 15.5 Å². The molecule has 0 saturated carbocycles. The maximum Gasteiger partial charge on any atom is 0.321 e. The third-order valence-corrected chi connectivity index (χ3v) is 5.76. The Morgan fingerprint density at radius 2 is 2.32 bits per heavy atom. The molecule has 0 unspecified atom stereocenters. The molecule has 0 amide bonds. The predicted molar refractivity (Wildman–Crippen MR) is 73.8 cm³/mol. The second-order valence-corrected chi connectivity index (χ2v) is 7.53. The van der Waals surface area contributed by atoms with Crippen LogP contribution in [-0.2, 0) is 14.8 Å². The highest BCUT2D eigenvalue weighted by molar-refractivity contribution is 7.98. The number of hydrogen-bond acceptors (Lipinski definition) is 6. The van der Waals surface area contributed by atoms with Crippen LogP contribution in [0.1, 0.15) is 11.3 Å². The lowest BCUT2D eigenvalue weighted by Gasteiger charge is -2.13. The molecule has 1 atom stereocenters. The molecule has 1 rings (SSSR count). The molecule has 0 aromatic carbocycles. The van der Waals surface area contributed by atoms with Crippen molar-refractivity contribution < 1.29 is 18.3 Å². The SMILES string of the molecule is CSCC[C@@H](NS(=O)(=O)c1ccc(C#N)s1)C(=O)O. The Morgan fingerprint density at radius 3 is 2.79 bits per heavy atom. The Hall–Kier alpha value is -1.08. The number of nitrogens with zero attached hydrogens (tertiary/aromatic N) is 1. The molecule has 104 valence electrons. The lowest BCUT2D eigenvalue weighted by molar-refractivity contribution is -0.139. The van der Waals surface area contributed by atoms with Gasteiger partial charge in [0.2, 0.25) is 0 Å². The zero-order chi connectivity index (χ0) is 14.5. The average Bonchev–Trinajstić information content (AvgIpc) is 2.83. The van der Waals surface area contributed by atoms with Crippen LogP contribution in [0.2, 0.25) is 0 Å². The fraction of sp³-hybridized carbons (Fsp3) is 0.400. The third-order valence-electron chi connectivity index (χ3n) is 2.16. The van der Waals surface area contributed by atoms with Crippen LogP contribution >= 0.6 is 23.1 Å². The maximum atomic E-state index is 12.0. The van der Waals surface area contributed by atoms with Gasteiger partial charge in [-0.25, -0.2) is 8.42 Å². The van der Waals surface area contributed by atoms with Gasteiger partial charge in [0.1, 0.15) is 21.2 Å². The monoisotopic (exact) mass is 320 g/mol. The van der Waals surface area contributed by atoms with Gasteiger partial charge in [0, 0.05) is 0 Å². The summed E-state index contributed by atoms with van der Waals surface area (Å²) in [6, 6.07) is 3.35. The minimum absolute atomic E-state index is 0.0561. The molecule has 0 aliphatic carbocycles. The number of carboxylic acid groups (broad SMARTS) is 1. The molecule has 1 aromatic heterocycles. The van der Waals surface area contributed by atoms with Gasteiger partial charge in [-0.3, -0.25) is 4.79 Å². The van der Waals surface area contributed by atoms with E-state index in [4.69, 9.17) is 10.4 Å². The summed E-state index contributed by atoms with van der Waals surface area (Å²) in [4.78, 5) is 11.3. The lowest BCUT2D eigenvalue weighted by Crippen LogP contribution is -2.40. The van der Waals surface area contributed by atoms with Gasteiger partial charge < -0.3 is 5.11 Å². The average molecular weight is 320 g/mol. The predicted octanol–water partition coefficient (Wildman–Crippen LogP) is 1.10. The van der Waals surface area contributed by atoms with Gasteiger partial charge in [-0.15, -0.1) is 11.3 Å². The molecular weight excluding hydrogens is 308 g/mol. The van der Waals surface area contributed by atoms with Crippen molar-refractivity contribution in [3.05, 3.63) is 17.0 Å². The molecule has 0 aliphatic rings. The molecule has 0 saturated heterocycles. The smallest absolute Gasteiger partial charge is 0.321 e. The van der Waals surface area contributed by atoms with Crippen molar-refractivity contribution >= 4 is 39.1 Å². The Balaban J connectivity index is 2.88. The zero-order valence-electron chi connectivity index (χ0n) is 9.99. The van der Waals surface area contributed by atoms with Crippen molar-refractivity contribution in [3.63, 3.8) is 0 Å². The van der Waals surface area contributed by atoms with E-state index in [1.54, 1.807) is 0 Å². The molecule has 0 aliphatic heterocycles. The normalized spacial score (nSPS) is 12.8. The summed E-state index contributed by atoms with van der Waals surface area (Å²) in [6.07, 6.45) is 2.01. The number of carbonyl (C=O) groups is 1. The van der Waals surface area contributed by atoms with Gasteiger partial charge in [-0.05, 0) is 30.6 Å². The van der Waals surface area contributed by atoms with Gasteiger partial charge in [-0.1, -0.05) is 0 Å². The van der Waals surface area contributed by atoms with Crippen LogP contribution in [0.25, 0.3) is 0 Å². The van der Waals surface area contributed by atoms with Gasteiger partial charge in [-0.2, -0.15) is 21.7 Å². The van der Waals surface area contributed by atoms with E-state index in [2.05, 4.69) is 4.72 Å². The number of thiophene rings is 1. The van der Waals surface area contributed by atoms with Crippen molar-refractivity contribution in [3.8, 4) is 6.07 Å². The van der Waals surface area contributed by atoms with Crippen LogP contribution in [0, 0.1) is 11.3 Å². The van der Waals surface area contributed by atoms with Crippen LogP contribution < -0.4 is 4.72 Å². The highest BCUT2D eigenvalue weighted by Crippen LogP contribution is 2.21. The van der Waals surface area contributed by atoms with E-state index in [1.165, 1.54) is 23.9 Å². The minimum atomic E-state index is -3.90. The first-order valence-electron chi connectivity index (χ1n) is 5.14. The van der Waals surface area contributed by atoms with Crippen LogP contribution in [0.15, 0.2) is 16.3 Å². The van der Waals surface area contributed by atoms with E-state index >= 15 is 0 Å². The number of carboxylic acids is 1. The highest BCUT2D eigenvalue weighted by atomic mass is 32.2. The molecule has 0 bridgehead atoms. The van der Waals surface area contributed by atoms with Gasteiger partial charge in [0.05, 0.1) is 0 Å². The molecule has 2 N–H and O–H groups in total. The number of nitriles is 1. The molecule has 6 nitrogen and oxygen atoms in total. The number of hydrogen-bond donors (Lipinski definition) is 2. The van der Waals surface area contributed by atoms with E-state index in [0.717, 1.165) is 11.3 Å². The summed E-state index contributed by atoms with van der Waals surface area (Å²) in [5.74, 6) is -0.678. The second kappa shape index (κ2) is 6.91. The van der Waals surface area contributed by atoms with E-state index in [9.17, 15) is 13.2 Å². The fourth-order valence-corrected chi connectivity index (χ4v) is 4.05. The highest BCUT2D eigenvalue weighted by Gasteiger charge is 2.26. The van der Waals surface area contributed by atoms with E-state index in [1.807, 2.05) is 12.3 Å². The summed E-state index contributed by atoms with van der Waals surface area (Å²) in [6.45, 7) is 0. The first-order chi connectivity index (χ1) is 8.90. The Bertz CT molecular complexity index is 588. The second-order valence-electron chi connectivity index (χ2n) is 3.52. The quantitative estimate of drug-likeness (QED) is 0.779. The molecule has 19 heavy (non-hydrogen) atoms. The lowest BCUT2D eigenvalue weighted by atomic mass is 10.2. The number of aliphatic carboxylic acids is 1. The van der Waals surface area contributed by atoms with E-state index < -0.39 is 22.0 Å². The van der Waals surface area contributed by atoms with Crippen molar-refractivity contribution in [1.82, 2.24) is 4.72 Å². The van der Waals surface area contributed by atoms with Crippen LogP contribution in [0.5, 0.6) is 0 Å². The van der Waals surface area contributed by atoms with E-state index in [0.29, 0.717) is 5.75 Å². The minimum Gasteiger partial charge on any atom is -0.480 e. The molecule has 9 heteroatoms. The number of rotatable bonds is 7. The standard InChI is InChI=1S/C10H12N2O4S3/c1-17-5-4-8(10(13)14)12-19(15,16)9-3-2-7(6-11)18-9/h2-3,8,12H,4-5H2,1H3,(H,13,14)/t8-/m1/s1. The molecule has 0 radical (unpaired) electrons. The fourth-order valence-electron chi connectivity index (χ4n) is 1.24. The van der Waals surface area contributed by atoms with Gasteiger partial charge in [0.15, 0.2) is 0 Å². The summed E-state index contributed by atoms with van der Waals surface area (Å²) >= 11 is 2.25. The molecule has 0 fully saturated rings. The van der Waals surface area contributed by atoms with Crippen molar-refractivity contribution in [2.45, 2.75) is 16.7 Å². The first-order valence-corrected chi connectivity index (χ1v) is 8.84. The maximum absolute atomic E-state index is 12.0. The summed E-state index contributed by atoms with van der Waals surface area (Å²) in [7, 11) is -3.90. The first kappa shape index (κ1) is 16.0. The molecule has 0 spiro atoms. The van der Waals surface area contributed by atoms with Crippen LogP contribution in [-0.4, -0.2) is 37.5 Å². The molecular formula is C10H12N2O4S3. The number of sulfonamides is 1. The zero-order valence-corrected chi connectivity index (χ0v) is 12.4. The van der Waals surface area contributed by atoms with Crippen LogP contribution in [0.3, 0.4) is 0 Å². The summed E-state index contributed by atoms with van der Waals surface area (Å²) in [5, 5.41) is 17.6. The van der Waals surface area contributed by atoms with Crippen molar-refractivity contribution in [2.75, 3.05) is 12.0 Å². The Labute approximate surface area is 119 Å². The Kier molecular flexibility index (Phi) is 5.81. The number of thioether (sulfide) groups is 1. The largest absolute Gasteiger partial charge is 0.480 e. The summed E-state index contributed by atoms with van der Waals surface area (Å²) in [5.41, 5.74) is 0. The molecule has 1 aromatic rings. The number of nitrogens with one attached hydrogen (secondary N) is 1. The van der Waals surface area contributed by atoms with Crippen molar-refractivity contribution in [2.24, 2.45) is 0 Å². The van der Waals surface area contributed by atoms with Gasteiger partial charge >= 0.3 is 5.97 Å². The van der Waals surface area contributed by atoms with Gasteiger partial charge in [0.25, 0.3) is 10.0 Å². The summed E-state index contributed by atoms with van der Waals surface area (Å²) < 4.78 is 26.0. The van der Waals surface area contributed by atoms with Crippen molar-refractivity contribution in [1.29, 1.82) is 5.26 Å². The third kappa shape index (κ3) is 4.50.